The quantitative estimate of drug-likeness (QED) is 0.800. The van der Waals surface area contributed by atoms with Crippen LogP contribution in [0.1, 0.15) is 43.6 Å². The van der Waals surface area contributed by atoms with Crippen LogP contribution in [0.2, 0.25) is 0 Å². The van der Waals surface area contributed by atoms with Crippen molar-refractivity contribution in [2.24, 2.45) is 0 Å². The van der Waals surface area contributed by atoms with Gasteiger partial charge in [-0.3, -0.25) is 9.80 Å². The molecular weight excluding hydrogens is 312 g/mol. The van der Waals surface area contributed by atoms with Gasteiger partial charge in [-0.25, -0.2) is 0 Å². The summed E-state index contributed by atoms with van der Waals surface area (Å²) in [6.45, 7) is 8.97. The van der Waals surface area contributed by atoms with Gasteiger partial charge in [-0.05, 0) is 43.9 Å². The lowest BCUT2D eigenvalue weighted by Gasteiger charge is -2.28. The van der Waals surface area contributed by atoms with Gasteiger partial charge < -0.3 is 4.52 Å². The van der Waals surface area contributed by atoms with E-state index in [2.05, 4.69) is 36.5 Å². The van der Waals surface area contributed by atoms with Crippen LogP contribution in [-0.4, -0.2) is 55.2 Å². The second-order valence-corrected chi connectivity index (χ2v) is 6.66. The molecule has 2 aromatic rings. The third-order valence-electron chi connectivity index (χ3n) is 4.42. The van der Waals surface area contributed by atoms with E-state index in [9.17, 15) is 0 Å². The third kappa shape index (κ3) is 4.55. The molecule has 3 rings (SSSR count). The van der Waals surface area contributed by atoms with Crippen molar-refractivity contribution < 1.29 is 4.52 Å². The number of hydrogen-bond donors (Lipinski definition) is 0. The Balaban J connectivity index is 1.55. The fraction of sp³-hybridized carbons (Fsp3) is 0.733. The summed E-state index contributed by atoms with van der Waals surface area (Å²) in [5, 5.41) is 10.2. The molecule has 0 aliphatic carbocycles. The smallest absolute Gasteiger partial charge is 0.223 e. The van der Waals surface area contributed by atoms with Gasteiger partial charge in [0.15, 0.2) is 5.82 Å². The van der Waals surface area contributed by atoms with Gasteiger partial charge in [0.05, 0.1) is 12.2 Å². The minimum atomic E-state index is 0.581. The second kappa shape index (κ2) is 7.94. The highest BCUT2D eigenvalue weighted by molar-refractivity contribution is 7.03. The van der Waals surface area contributed by atoms with E-state index in [0.717, 1.165) is 44.2 Å². The van der Waals surface area contributed by atoms with E-state index in [1.807, 2.05) is 12.3 Å². The lowest BCUT2D eigenvalue weighted by Crippen LogP contribution is -2.36. The standard InChI is InChI=1S/C15H24N6OS/c1-3-21(10-15-16-12(2)22-18-15)14-5-4-7-20(8-6-14)9-13-11-23-19-17-13/h11,14H,3-10H2,1-2H3. The summed E-state index contributed by atoms with van der Waals surface area (Å²) in [5.74, 6) is 1.43. The highest BCUT2D eigenvalue weighted by Crippen LogP contribution is 2.19. The summed E-state index contributed by atoms with van der Waals surface area (Å²) < 4.78 is 9.04. The largest absolute Gasteiger partial charge is 0.340 e. The van der Waals surface area contributed by atoms with Gasteiger partial charge in [0.25, 0.3) is 0 Å². The maximum atomic E-state index is 5.09. The Morgan fingerprint density at radius 1 is 1.39 bits per heavy atom. The fourth-order valence-electron chi connectivity index (χ4n) is 3.23. The zero-order valence-corrected chi connectivity index (χ0v) is 14.6. The average Bonchev–Trinajstić information content (AvgIpc) is 3.14. The van der Waals surface area contributed by atoms with Gasteiger partial charge in [0.2, 0.25) is 5.89 Å². The van der Waals surface area contributed by atoms with Crippen LogP contribution >= 0.6 is 11.5 Å². The minimum Gasteiger partial charge on any atom is -0.340 e. The number of aromatic nitrogens is 4. The predicted molar refractivity (Wildman–Crippen MR) is 87.9 cm³/mol. The number of rotatable bonds is 6. The fourth-order valence-corrected chi connectivity index (χ4v) is 3.67. The first-order valence-electron chi connectivity index (χ1n) is 8.26. The van der Waals surface area contributed by atoms with Gasteiger partial charge in [0.1, 0.15) is 0 Å². The molecule has 0 spiro atoms. The molecule has 0 N–H and O–H groups in total. The van der Waals surface area contributed by atoms with Crippen molar-refractivity contribution in [1.82, 2.24) is 29.5 Å². The maximum Gasteiger partial charge on any atom is 0.223 e. The van der Waals surface area contributed by atoms with E-state index in [4.69, 9.17) is 4.52 Å². The van der Waals surface area contributed by atoms with Crippen LogP contribution < -0.4 is 0 Å². The molecule has 1 aliphatic heterocycles. The first-order chi connectivity index (χ1) is 11.2. The summed E-state index contributed by atoms with van der Waals surface area (Å²) in [4.78, 5) is 9.30. The normalized spacial score (nSPS) is 20.0. The van der Waals surface area contributed by atoms with E-state index in [1.54, 1.807) is 0 Å². The molecule has 0 radical (unpaired) electrons. The highest BCUT2D eigenvalue weighted by Gasteiger charge is 2.23. The Labute approximate surface area is 140 Å². The molecule has 126 valence electrons. The van der Waals surface area contributed by atoms with Crippen LogP contribution in [0, 0.1) is 6.92 Å². The van der Waals surface area contributed by atoms with Crippen molar-refractivity contribution in [1.29, 1.82) is 0 Å². The van der Waals surface area contributed by atoms with Gasteiger partial charge >= 0.3 is 0 Å². The zero-order chi connectivity index (χ0) is 16.1. The summed E-state index contributed by atoms with van der Waals surface area (Å²) in [6.07, 6.45) is 3.60. The summed E-state index contributed by atoms with van der Waals surface area (Å²) in [7, 11) is 0. The van der Waals surface area contributed by atoms with Crippen molar-refractivity contribution in [2.45, 2.75) is 52.2 Å². The Morgan fingerprint density at radius 2 is 2.30 bits per heavy atom. The molecular formula is C15H24N6OS. The van der Waals surface area contributed by atoms with Crippen LogP contribution in [0.25, 0.3) is 0 Å². The van der Waals surface area contributed by atoms with E-state index in [1.165, 1.54) is 30.8 Å². The monoisotopic (exact) mass is 336 g/mol. The van der Waals surface area contributed by atoms with Gasteiger partial charge in [0, 0.05) is 31.4 Å². The molecule has 0 amide bonds. The molecule has 0 saturated carbocycles. The van der Waals surface area contributed by atoms with Gasteiger partial charge in [-0.15, -0.1) is 5.10 Å². The topological polar surface area (TPSA) is 71.2 Å². The lowest BCUT2D eigenvalue weighted by atomic mass is 10.1. The molecule has 0 bridgehead atoms. The highest BCUT2D eigenvalue weighted by atomic mass is 32.1. The molecule has 1 unspecified atom stereocenters. The van der Waals surface area contributed by atoms with Crippen LogP contribution in [0.5, 0.6) is 0 Å². The number of hydrogen-bond acceptors (Lipinski definition) is 8. The molecule has 2 aromatic heterocycles. The first kappa shape index (κ1) is 16.5. The number of nitrogens with zero attached hydrogens (tertiary/aromatic N) is 6. The first-order valence-corrected chi connectivity index (χ1v) is 9.09. The van der Waals surface area contributed by atoms with Gasteiger partial charge in [-0.2, -0.15) is 4.98 Å². The van der Waals surface area contributed by atoms with Crippen molar-refractivity contribution in [3.63, 3.8) is 0 Å². The second-order valence-electron chi connectivity index (χ2n) is 6.05. The molecule has 1 saturated heterocycles. The van der Waals surface area contributed by atoms with Crippen molar-refractivity contribution in [3.05, 3.63) is 22.8 Å². The summed E-state index contributed by atoms with van der Waals surface area (Å²) >= 11 is 1.43. The number of aryl methyl sites for hydroxylation is 1. The molecule has 23 heavy (non-hydrogen) atoms. The Kier molecular flexibility index (Phi) is 5.69. The van der Waals surface area contributed by atoms with Crippen LogP contribution in [0.15, 0.2) is 9.90 Å². The van der Waals surface area contributed by atoms with E-state index < -0.39 is 0 Å². The van der Waals surface area contributed by atoms with Crippen LogP contribution in [-0.2, 0) is 13.1 Å². The molecule has 1 aliphatic rings. The van der Waals surface area contributed by atoms with Crippen molar-refractivity contribution in [3.8, 4) is 0 Å². The van der Waals surface area contributed by atoms with Crippen LogP contribution in [0.4, 0.5) is 0 Å². The Bertz CT molecular complexity index is 587. The van der Waals surface area contributed by atoms with E-state index in [-0.39, 0.29) is 0 Å². The molecule has 7 nitrogen and oxygen atoms in total. The van der Waals surface area contributed by atoms with E-state index >= 15 is 0 Å². The molecule has 0 aromatic carbocycles. The Morgan fingerprint density at radius 3 is 3.00 bits per heavy atom. The summed E-state index contributed by atoms with van der Waals surface area (Å²) in [6, 6.07) is 0.581. The summed E-state index contributed by atoms with van der Waals surface area (Å²) in [5.41, 5.74) is 1.09. The van der Waals surface area contributed by atoms with Crippen molar-refractivity contribution in [2.75, 3.05) is 19.6 Å². The Hall–Kier alpha value is -1.38. The third-order valence-corrected chi connectivity index (χ3v) is 4.97. The lowest BCUT2D eigenvalue weighted by molar-refractivity contribution is 0.170. The molecule has 3 heterocycles. The molecule has 1 fully saturated rings. The SMILES string of the molecule is CCN(Cc1noc(C)n1)C1CCCN(Cc2csnn2)CC1. The zero-order valence-electron chi connectivity index (χ0n) is 13.8. The number of likely N-dealkylation sites (tertiary alicyclic amines) is 1. The van der Waals surface area contributed by atoms with Gasteiger partial charge in [-0.1, -0.05) is 16.6 Å². The van der Waals surface area contributed by atoms with Crippen molar-refractivity contribution >= 4 is 11.5 Å². The molecule has 1 atom stereocenters. The van der Waals surface area contributed by atoms with E-state index in [0.29, 0.717) is 11.9 Å². The predicted octanol–water partition coefficient (Wildman–Crippen LogP) is 2.11. The average molecular weight is 336 g/mol. The minimum absolute atomic E-state index is 0.581. The van der Waals surface area contributed by atoms with Crippen LogP contribution in [0.3, 0.4) is 0 Å². The maximum absolute atomic E-state index is 5.09. The molecule has 8 heteroatoms.